The van der Waals surface area contributed by atoms with E-state index in [-0.39, 0.29) is 5.91 Å². The zero-order valence-electron chi connectivity index (χ0n) is 14.9. The molecule has 0 aliphatic rings. The average molecular weight is 370 g/mol. The summed E-state index contributed by atoms with van der Waals surface area (Å²) in [5, 5.41) is 12.2. The maximum Gasteiger partial charge on any atom is 0.248 e. The molecule has 7 heteroatoms. The van der Waals surface area contributed by atoms with Gasteiger partial charge in [-0.1, -0.05) is 29.8 Å². The van der Waals surface area contributed by atoms with Gasteiger partial charge in [0.2, 0.25) is 5.91 Å². The lowest BCUT2D eigenvalue weighted by molar-refractivity contribution is -0.111. The standard InChI is InChI=1S/C19H20ClN5O/c1-13-19(22-18(26)9-8-15-10-21-24(3)11-15)14(2)25(23-13)12-16-6-4-5-7-17(16)20/h4-11H,12H2,1-3H3,(H,22,26)/b9-8+. The maximum absolute atomic E-state index is 12.2. The summed E-state index contributed by atoms with van der Waals surface area (Å²) in [7, 11) is 1.83. The number of aromatic nitrogens is 4. The number of anilines is 1. The second-order valence-corrected chi connectivity index (χ2v) is 6.47. The largest absolute Gasteiger partial charge is 0.319 e. The topological polar surface area (TPSA) is 64.7 Å². The van der Waals surface area contributed by atoms with Crippen LogP contribution in [0, 0.1) is 13.8 Å². The predicted octanol–water partition coefficient (Wildman–Crippen LogP) is 3.59. The van der Waals surface area contributed by atoms with E-state index in [9.17, 15) is 4.79 Å². The zero-order valence-corrected chi connectivity index (χ0v) is 15.7. The third-order valence-electron chi connectivity index (χ3n) is 4.06. The van der Waals surface area contributed by atoms with Crippen LogP contribution in [0.3, 0.4) is 0 Å². The Hall–Kier alpha value is -2.86. The lowest BCUT2D eigenvalue weighted by Crippen LogP contribution is -2.10. The van der Waals surface area contributed by atoms with Crippen molar-refractivity contribution in [3.8, 4) is 0 Å². The van der Waals surface area contributed by atoms with Crippen LogP contribution in [0.2, 0.25) is 5.02 Å². The molecule has 1 aromatic carbocycles. The smallest absolute Gasteiger partial charge is 0.248 e. The Balaban J connectivity index is 1.74. The number of amides is 1. The summed E-state index contributed by atoms with van der Waals surface area (Å²) in [4.78, 5) is 12.2. The molecule has 0 bridgehead atoms. The van der Waals surface area contributed by atoms with Crippen LogP contribution in [0.15, 0.2) is 42.7 Å². The van der Waals surface area contributed by atoms with Gasteiger partial charge in [-0.05, 0) is 31.6 Å². The first-order valence-electron chi connectivity index (χ1n) is 8.19. The van der Waals surface area contributed by atoms with Gasteiger partial charge in [0.05, 0.1) is 29.8 Å². The van der Waals surface area contributed by atoms with E-state index >= 15 is 0 Å². The van der Waals surface area contributed by atoms with Gasteiger partial charge in [-0.15, -0.1) is 0 Å². The van der Waals surface area contributed by atoms with E-state index in [0.29, 0.717) is 11.6 Å². The number of rotatable bonds is 5. The van der Waals surface area contributed by atoms with Crippen LogP contribution in [0.5, 0.6) is 0 Å². The summed E-state index contributed by atoms with van der Waals surface area (Å²) >= 11 is 6.23. The van der Waals surface area contributed by atoms with E-state index in [0.717, 1.165) is 28.2 Å². The Bertz CT molecular complexity index is 970. The number of hydrogen-bond acceptors (Lipinski definition) is 3. The molecule has 3 rings (SSSR count). The summed E-state index contributed by atoms with van der Waals surface area (Å²) in [6, 6.07) is 7.66. The number of halogens is 1. The fourth-order valence-electron chi connectivity index (χ4n) is 2.68. The number of carbonyl (C=O) groups is 1. The van der Waals surface area contributed by atoms with Crippen molar-refractivity contribution in [3.05, 3.63) is 70.3 Å². The van der Waals surface area contributed by atoms with Crippen LogP contribution in [-0.2, 0) is 18.4 Å². The van der Waals surface area contributed by atoms with Gasteiger partial charge in [0.1, 0.15) is 0 Å². The van der Waals surface area contributed by atoms with Gasteiger partial charge < -0.3 is 5.32 Å². The Morgan fingerprint density at radius 1 is 1.31 bits per heavy atom. The van der Waals surface area contributed by atoms with Crippen molar-refractivity contribution >= 4 is 29.3 Å². The van der Waals surface area contributed by atoms with Crippen LogP contribution in [-0.4, -0.2) is 25.5 Å². The van der Waals surface area contributed by atoms with Crippen molar-refractivity contribution in [2.45, 2.75) is 20.4 Å². The van der Waals surface area contributed by atoms with Crippen molar-refractivity contribution in [1.29, 1.82) is 0 Å². The fraction of sp³-hybridized carbons (Fsp3) is 0.211. The highest BCUT2D eigenvalue weighted by molar-refractivity contribution is 6.31. The number of nitrogens with zero attached hydrogens (tertiary/aromatic N) is 4. The quantitative estimate of drug-likeness (QED) is 0.699. The molecule has 0 atom stereocenters. The van der Waals surface area contributed by atoms with Crippen molar-refractivity contribution in [2.75, 3.05) is 5.32 Å². The van der Waals surface area contributed by atoms with Gasteiger partial charge in [-0.3, -0.25) is 14.2 Å². The van der Waals surface area contributed by atoms with Gasteiger partial charge in [0.15, 0.2) is 0 Å². The molecule has 0 spiro atoms. The summed E-state index contributed by atoms with van der Waals surface area (Å²) in [5.41, 5.74) is 4.21. The number of benzene rings is 1. The first-order valence-corrected chi connectivity index (χ1v) is 8.57. The minimum atomic E-state index is -0.211. The summed E-state index contributed by atoms with van der Waals surface area (Å²) < 4.78 is 3.53. The van der Waals surface area contributed by atoms with E-state index in [1.54, 1.807) is 17.0 Å². The highest BCUT2D eigenvalue weighted by atomic mass is 35.5. The van der Waals surface area contributed by atoms with Crippen molar-refractivity contribution in [2.24, 2.45) is 7.05 Å². The third kappa shape index (κ3) is 4.03. The Kier molecular flexibility index (Phi) is 5.23. The monoisotopic (exact) mass is 369 g/mol. The molecule has 0 unspecified atom stereocenters. The lowest BCUT2D eigenvalue weighted by Gasteiger charge is -2.07. The van der Waals surface area contributed by atoms with Crippen molar-refractivity contribution in [3.63, 3.8) is 0 Å². The lowest BCUT2D eigenvalue weighted by atomic mass is 10.2. The average Bonchev–Trinajstić information content (AvgIpc) is 3.13. The first kappa shape index (κ1) is 17.9. The van der Waals surface area contributed by atoms with E-state index in [1.807, 2.05) is 56.0 Å². The molecule has 1 N–H and O–H groups in total. The van der Waals surface area contributed by atoms with Crippen molar-refractivity contribution < 1.29 is 4.79 Å². The zero-order chi connectivity index (χ0) is 18.7. The Morgan fingerprint density at radius 3 is 2.77 bits per heavy atom. The minimum absolute atomic E-state index is 0.211. The molecule has 0 saturated carbocycles. The third-order valence-corrected chi connectivity index (χ3v) is 4.43. The van der Waals surface area contributed by atoms with Crippen LogP contribution in [0.4, 0.5) is 5.69 Å². The molecule has 0 aliphatic carbocycles. The SMILES string of the molecule is Cc1nn(Cc2ccccc2Cl)c(C)c1NC(=O)/C=C/c1cnn(C)c1. The van der Waals surface area contributed by atoms with Gasteiger partial charge >= 0.3 is 0 Å². The molecule has 0 fully saturated rings. The minimum Gasteiger partial charge on any atom is -0.319 e. The van der Waals surface area contributed by atoms with E-state index in [1.165, 1.54) is 6.08 Å². The molecular formula is C19H20ClN5O. The van der Waals surface area contributed by atoms with Crippen LogP contribution < -0.4 is 5.32 Å². The van der Waals surface area contributed by atoms with Gasteiger partial charge in [0.25, 0.3) is 0 Å². The molecule has 0 saturated heterocycles. The van der Waals surface area contributed by atoms with Crippen molar-refractivity contribution in [1.82, 2.24) is 19.6 Å². The normalized spacial score (nSPS) is 11.2. The highest BCUT2D eigenvalue weighted by Crippen LogP contribution is 2.22. The Labute approximate surface area is 157 Å². The van der Waals surface area contributed by atoms with E-state index in [4.69, 9.17) is 11.6 Å². The second-order valence-electron chi connectivity index (χ2n) is 6.06. The van der Waals surface area contributed by atoms with Crippen LogP contribution in [0.1, 0.15) is 22.5 Å². The van der Waals surface area contributed by atoms with E-state index < -0.39 is 0 Å². The molecule has 3 aromatic rings. The molecule has 134 valence electrons. The molecule has 0 radical (unpaired) electrons. The number of aryl methyl sites for hydroxylation is 2. The molecule has 0 aliphatic heterocycles. The summed E-state index contributed by atoms with van der Waals surface area (Å²) in [6.45, 7) is 4.35. The van der Waals surface area contributed by atoms with Crippen LogP contribution >= 0.6 is 11.6 Å². The highest BCUT2D eigenvalue weighted by Gasteiger charge is 2.14. The fourth-order valence-corrected chi connectivity index (χ4v) is 2.88. The van der Waals surface area contributed by atoms with Gasteiger partial charge in [-0.25, -0.2) is 0 Å². The van der Waals surface area contributed by atoms with Gasteiger partial charge in [0, 0.05) is 29.9 Å². The van der Waals surface area contributed by atoms with E-state index in [2.05, 4.69) is 15.5 Å². The first-order chi connectivity index (χ1) is 12.4. The molecular weight excluding hydrogens is 350 g/mol. The predicted molar refractivity (Wildman–Crippen MR) is 103 cm³/mol. The molecule has 6 nitrogen and oxygen atoms in total. The number of carbonyl (C=O) groups excluding carboxylic acids is 1. The number of nitrogens with one attached hydrogen (secondary N) is 1. The van der Waals surface area contributed by atoms with Gasteiger partial charge in [-0.2, -0.15) is 10.2 Å². The molecule has 1 amide bonds. The Morgan fingerprint density at radius 2 is 2.08 bits per heavy atom. The second kappa shape index (κ2) is 7.58. The number of hydrogen-bond donors (Lipinski definition) is 1. The summed E-state index contributed by atoms with van der Waals surface area (Å²) in [5.74, 6) is -0.211. The molecule has 26 heavy (non-hydrogen) atoms. The van der Waals surface area contributed by atoms with Crippen LogP contribution in [0.25, 0.3) is 6.08 Å². The molecule has 2 heterocycles. The molecule has 2 aromatic heterocycles. The summed E-state index contributed by atoms with van der Waals surface area (Å²) in [6.07, 6.45) is 6.74. The maximum atomic E-state index is 12.2.